The van der Waals surface area contributed by atoms with Crippen molar-refractivity contribution in [1.29, 1.82) is 0 Å². The van der Waals surface area contributed by atoms with E-state index in [-0.39, 0.29) is 18.9 Å². The van der Waals surface area contributed by atoms with Gasteiger partial charge in [0.05, 0.1) is 11.9 Å². The number of carbonyl (C=O) groups excluding carboxylic acids is 1. The lowest BCUT2D eigenvalue weighted by Gasteiger charge is -2.10. The fraction of sp³-hybridized carbons (Fsp3) is 0.111. The second-order valence-electron chi connectivity index (χ2n) is 5.27. The van der Waals surface area contributed by atoms with Crippen LogP contribution in [-0.4, -0.2) is 22.4 Å². The van der Waals surface area contributed by atoms with Gasteiger partial charge < -0.3 is 15.5 Å². The van der Waals surface area contributed by atoms with E-state index in [4.69, 9.17) is 6.57 Å². The fourth-order valence-corrected chi connectivity index (χ4v) is 2.72. The highest BCUT2D eigenvalue weighted by Gasteiger charge is 2.08. The monoisotopic (exact) mass is 395 g/mol. The van der Waals surface area contributed by atoms with Gasteiger partial charge in [0.15, 0.2) is 0 Å². The van der Waals surface area contributed by atoms with Gasteiger partial charge in [-0.15, -0.1) is 0 Å². The van der Waals surface area contributed by atoms with Crippen LogP contribution in [0.25, 0.3) is 15.7 Å². The molecule has 7 heteroatoms. The lowest BCUT2D eigenvalue weighted by Crippen LogP contribution is -2.12. The predicted octanol–water partition coefficient (Wildman–Crippen LogP) is 4.38. The van der Waals surface area contributed by atoms with E-state index in [1.54, 1.807) is 6.07 Å². The molecule has 0 saturated carbocycles. The third kappa shape index (κ3) is 4.31. The number of amides is 1. The number of benzene rings is 2. The SMILES string of the molecule is [C-]#[N+]CCC(=O)Nc1ccc2ncnc(Nc3cccc(Br)c3)c2c1. The third-order valence-electron chi connectivity index (χ3n) is 3.46. The van der Waals surface area contributed by atoms with E-state index < -0.39 is 0 Å². The zero-order valence-corrected chi connectivity index (χ0v) is 14.7. The summed E-state index contributed by atoms with van der Waals surface area (Å²) in [7, 11) is 0. The molecule has 0 unspecified atom stereocenters. The molecule has 0 atom stereocenters. The van der Waals surface area contributed by atoms with Gasteiger partial charge in [0, 0.05) is 21.2 Å². The molecular weight excluding hydrogens is 382 g/mol. The van der Waals surface area contributed by atoms with Crippen LogP contribution in [0.15, 0.2) is 53.3 Å². The highest BCUT2D eigenvalue weighted by molar-refractivity contribution is 9.10. The van der Waals surface area contributed by atoms with Crippen molar-refractivity contribution in [3.8, 4) is 0 Å². The normalized spacial score (nSPS) is 10.2. The van der Waals surface area contributed by atoms with E-state index in [0.29, 0.717) is 11.5 Å². The van der Waals surface area contributed by atoms with Crippen molar-refractivity contribution in [2.24, 2.45) is 0 Å². The molecule has 0 bridgehead atoms. The summed E-state index contributed by atoms with van der Waals surface area (Å²) in [4.78, 5) is 23.6. The summed E-state index contributed by atoms with van der Waals surface area (Å²) in [6.07, 6.45) is 1.67. The Bertz CT molecular complexity index is 967. The van der Waals surface area contributed by atoms with Crippen LogP contribution in [0.3, 0.4) is 0 Å². The van der Waals surface area contributed by atoms with Crippen molar-refractivity contribution in [2.45, 2.75) is 6.42 Å². The molecule has 6 nitrogen and oxygen atoms in total. The molecule has 0 fully saturated rings. The Morgan fingerprint density at radius 3 is 2.84 bits per heavy atom. The number of rotatable bonds is 5. The summed E-state index contributed by atoms with van der Waals surface area (Å²) >= 11 is 3.44. The van der Waals surface area contributed by atoms with Crippen LogP contribution >= 0.6 is 15.9 Å². The Hall–Kier alpha value is -2.98. The molecule has 2 aromatic carbocycles. The van der Waals surface area contributed by atoms with Gasteiger partial charge in [-0.05, 0) is 36.4 Å². The molecule has 25 heavy (non-hydrogen) atoms. The van der Waals surface area contributed by atoms with Crippen LogP contribution in [0.4, 0.5) is 17.2 Å². The molecule has 1 heterocycles. The predicted molar refractivity (Wildman–Crippen MR) is 102 cm³/mol. The number of anilines is 3. The Morgan fingerprint density at radius 2 is 2.04 bits per heavy atom. The lowest BCUT2D eigenvalue weighted by atomic mass is 10.2. The molecule has 0 radical (unpaired) electrons. The Labute approximate surface area is 153 Å². The first-order valence-corrected chi connectivity index (χ1v) is 8.35. The van der Waals surface area contributed by atoms with E-state index in [1.165, 1.54) is 6.33 Å². The molecule has 1 amide bonds. The van der Waals surface area contributed by atoms with Crippen LogP contribution in [0.1, 0.15) is 6.42 Å². The molecular formula is C18H14BrN5O. The van der Waals surface area contributed by atoms with Crippen molar-refractivity contribution >= 4 is 49.9 Å². The number of hydrogen-bond acceptors (Lipinski definition) is 4. The van der Waals surface area contributed by atoms with Crippen LogP contribution in [0.5, 0.6) is 0 Å². The number of fused-ring (bicyclic) bond motifs is 1. The highest BCUT2D eigenvalue weighted by atomic mass is 79.9. The van der Waals surface area contributed by atoms with E-state index in [1.807, 2.05) is 36.4 Å². The zero-order chi connectivity index (χ0) is 17.6. The average molecular weight is 396 g/mol. The van der Waals surface area contributed by atoms with E-state index in [2.05, 4.69) is 41.4 Å². The summed E-state index contributed by atoms with van der Waals surface area (Å²) in [5.74, 6) is 0.467. The minimum absolute atomic E-state index is 0.177. The number of carbonyl (C=O) groups is 1. The van der Waals surface area contributed by atoms with Gasteiger partial charge in [0.1, 0.15) is 12.1 Å². The van der Waals surface area contributed by atoms with Gasteiger partial charge >= 0.3 is 0 Å². The van der Waals surface area contributed by atoms with E-state index in [0.717, 1.165) is 21.1 Å². The number of nitrogens with zero attached hydrogens (tertiary/aromatic N) is 3. The largest absolute Gasteiger partial charge is 0.340 e. The topological polar surface area (TPSA) is 71.3 Å². The molecule has 2 N–H and O–H groups in total. The maximum absolute atomic E-state index is 11.8. The number of aromatic nitrogens is 2. The quantitative estimate of drug-likeness (QED) is 0.628. The summed E-state index contributed by atoms with van der Waals surface area (Å²) < 4.78 is 0.962. The molecule has 3 aromatic rings. The van der Waals surface area contributed by atoms with Crippen molar-refractivity contribution in [2.75, 3.05) is 17.2 Å². The van der Waals surface area contributed by atoms with Crippen molar-refractivity contribution in [3.63, 3.8) is 0 Å². The van der Waals surface area contributed by atoms with Crippen LogP contribution in [0.2, 0.25) is 0 Å². The number of nitrogens with one attached hydrogen (secondary N) is 2. The van der Waals surface area contributed by atoms with Crippen molar-refractivity contribution < 1.29 is 4.79 Å². The van der Waals surface area contributed by atoms with Crippen LogP contribution in [-0.2, 0) is 4.79 Å². The number of hydrogen-bond donors (Lipinski definition) is 2. The molecule has 0 spiro atoms. The molecule has 0 aliphatic heterocycles. The average Bonchev–Trinajstić information content (AvgIpc) is 2.60. The van der Waals surface area contributed by atoms with Crippen molar-refractivity contribution in [3.05, 3.63) is 64.7 Å². The van der Waals surface area contributed by atoms with E-state index in [9.17, 15) is 4.79 Å². The van der Waals surface area contributed by atoms with Gasteiger partial charge in [-0.25, -0.2) is 16.5 Å². The van der Waals surface area contributed by atoms with Crippen LogP contribution < -0.4 is 10.6 Å². The fourth-order valence-electron chi connectivity index (χ4n) is 2.32. The Kier molecular flexibility index (Phi) is 5.21. The minimum Gasteiger partial charge on any atom is -0.340 e. The zero-order valence-electron chi connectivity index (χ0n) is 13.2. The van der Waals surface area contributed by atoms with Gasteiger partial charge in [0.2, 0.25) is 12.5 Å². The maximum atomic E-state index is 11.8. The van der Waals surface area contributed by atoms with Crippen LogP contribution in [0, 0.1) is 6.57 Å². The lowest BCUT2D eigenvalue weighted by molar-refractivity contribution is -0.115. The highest BCUT2D eigenvalue weighted by Crippen LogP contribution is 2.26. The van der Waals surface area contributed by atoms with Gasteiger partial charge in [-0.3, -0.25) is 4.79 Å². The maximum Gasteiger partial charge on any atom is 0.231 e. The summed E-state index contributed by atoms with van der Waals surface area (Å²) in [6, 6.07) is 13.2. The second kappa shape index (κ2) is 7.73. The Balaban J connectivity index is 1.89. The van der Waals surface area contributed by atoms with Gasteiger partial charge in [-0.2, -0.15) is 0 Å². The first kappa shape index (κ1) is 16.9. The van der Waals surface area contributed by atoms with Gasteiger partial charge in [0.25, 0.3) is 0 Å². The first-order chi connectivity index (χ1) is 12.2. The molecule has 124 valence electrons. The number of halogens is 1. The molecule has 0 aliphatic carbocycles. The third-order valence-corrected chi connectivity index (χ3v) is 3.95. The Morgan fingerprint density at radius 1 is 1.16 bits per heavy atom. The molecule has 0 saturated heterocycles. The second-order valence-corrected chi connectivity index (χ2v) is 6.19. The first-order valence-electron chi connectivity index (χ1n) is 7.56. The minimum atomic E-state index is -0.186. The molecule has 3 rings (SSSR count). The van der Waals surface area contributed by atoms with Gasteiger partial charge in [-0.1, -0.05) is 22.0 Å². The standard InChI is InChI=1S/C18H14BrN5O/c1-20-8-7-17(25)23-14-5-6-16-15(10-14)18(22-11-21-16)24-13-4-2-3-12(19)9-13/h2-6,9-11H,7-8H2,(H,23,25)(H,21,22,24). The summed E-state index contributed by atoms with van der Waals surface area (Å²) in [6.45, 7) is 6.93. The van der Waals surface area contributed by atoms with E-state index >= 15 is 0 Å². The molecule has 1 aromatic heterocycles. The summed E-state index contributed by atoms with van der Waals surface area (Å²) in [5, 5.41) is 6.86. The molecule has 0 aliphatic rings. The van der Waals surface area contributed by atoms with Crippen molar-refractivity contribution in [1.82, 2.24) is 9.97 Å². The summed E-state index contributed by atoms with van der Waals surface area (Å²) in [5.41, 5.74) is 2.31. The smallest absolute Gasteiger partial charge is 0.231 e.